The quantitative estimate of drug-likeness (QED) is 0.780. The average molecular weight is 224 g/mol. The SMILES string of the molecule is CCCn1c(-c2ccccc2)cc(C#N)c1C. The van der Waals surface area contributed by atoms with Crippen LogP contribution in [-0.4, -0.2) is 4.57 Å². The van der Waals surface area contributed by atoms with E-state index in [1.54, 1.807) is 0 Å². The first-order valence-electron chi connectivity index (χ1n) is 5.93. The number of hydrogen-bond donors (Lipinski definition) is 0. The third-order valence-corrected chi connectivity index (χ3v) is 3.00. The van der Waals surface area contributed by atoms with Gasteiger partial charge < -0.3 is 4.57 Å². The molecule has 2 aromatic rings. The fraction of sp³-hybridized carbons (Fsp3) is 0.267. The molecule has 17 heavy (non-hydrogen) atoms. The molecule has 0 saturated carbocycles. The van der Waals surface area contributed by atoms with Gasteiger partial charge in [-0.1, -0.05) is 37.3 Å². The first-order valence-corrected chi connectivity index (χ1v) is 5.93. The summed E-state index contributed by atoms with van der Waals surface area (Å²) in [5, 5.41) is 9.11. The van der Waals surface area contributed by atoms with Crippen LogP contribution in [0.15, 0.2) is 36.4 Å². The van der Waals surface area contributed by atoms with Crippen molar-refractivity contribution in [2.45, 2.75) is 26.8 Å². The lowest BCUT2D eigenvalue weighted by atomic mass is 10.1. The van der Waals surface area contributed by atoms with Crippen LogP contribution in [0.1, 0.15) is 24.6 Å². The number of benzene rings is 1. The molecule has 1 aromatic heterocycles. The van der Waals surface area contributed by atoms with E-state index in [0.29, 0.717) is 0 Å². The van der Waals surface area contributed by atoms with Gasteiger partial charge in [-0.3, -0.25) is 0 Å². The van der Waals surface area contributed by atoms with E-state index in [1.165, 1.54) is 5.56 Å². The Bertz CT molecular complexity index is 544. The topological polar surface area (TPSA) is 28.7 Å². The Hall–Kier alpha value is -2.01. The van der Waals surface area contributed by atoms with Crippen LogP contribution < -0.4 is 0 Å². The number of hydrogen-bond acceptors (Lipinski definition) is 1. The van der Waals surface area contributed by atoms with Crippen LogP contribution in [0.3, 0.4) is 0 Å². The molecule has 0 saturated heterocycles. The molecule has 0 fully saturated rings. The lowest BCUT2D eigenvalue weighted by Crippen LogP contribution is -2.01. The summed E-state index contributed by atoms with van der Waals surface area (Å²) in [6.45, 7) is 5.12. The second-order valence-electron chi connectivity index (χ2n) is 4.16. The normalized spacial score (nSPS) is 10.2. The molecule has 0 atom stereocenters. The highest BCUT2D eigenvalue weighted by molar-refractivity contribution is 5.64. The van der Waals surface area contributed by atoms with Crippen LogP contribution in [0.2, 0.25) is 0 Å². The molecular weight excluding hydrogens is 208 g/mol. The van der Waals surface area contributed by atoms with Crippen LogP contribution in [0.4, 0.5) is 0 Å². The van der Waals surface area contributed by atoms with Crippen molar-refractivity contribution in [2.75, 3.05) is 0 Å². The van der Waals surface area contributed by atoms with E-state index in [-0.39, 0.29) is 0 Å². The van der Waals surface area contributed by atoms with Gasteiger partial charge in [0.2, 0.25) is 0 Å². The van der Waals surface area contributed by atoms with Crippen molar-refractivity contribution in [1.82, 2.24) is 4.57 Å². The second kappa shape index (κ2) is 4.88. The van der Waals surface area contributed by atoms with Gasteiger partial charge in [0.1, 0.15) is 6.07 Å². The Labute approximate surface area is 102 Å². The summed E-state index contributed by atoms with van der Waals surface area (Å²) in [5.41, 5.74) is 4.15. The van der Waals surface area contributed by atoms with Gasteiger partial charge in [-0.2, -0.15) is 5.26 Å². The zero-order valence-corrected chi connectivity index (χ0v) is 10.3. The summed E-state index contributed by atoms with van der Waals surface area (Å²) < 4.78 is 2.23. The Morgan fingerprint density at radius 1 is 1.24 bits per heavy atom. The number of nitrogens with zero attached hydrogens (tertiary/aromatic N) is 2. The van der Waals surface area contributed by atoms with Crippen LogP contribution in [0.25, 0.3) is 11.3 Å². The lowest BCUT2D eigenvalue weighted by Gasteiger charge is -2.10. The van der Waals surface area contributed by atoms with E-state index in [9.17, 15) is 0 Å². The van der Waals surface area contributed by atoms with Gasteiger partial charge >= 0.3 is 0 Å². The van der Waals surface area contributed by atoms with E-state index >= 15 is 0 Å². The van der Waals surface area contributed by atoms with Crippen LogP contribution >= 0.6 is 0 Å². The van der Waals surface area contributed by atoms with Gasteiger partial charge in [-0.25, -0.2) is 0 Å². The molecule has 2 heteroatoms. The monoisotopic (exact) mass is 224 g/mol. The molecule has 0 aliphatic heterocycles. The first-order chi connectivity index (χ1) is 8.27. The molecule has 2 nitrogen and oxygen atoms in total. The maximum absolute atomic E-state index is 9.11. The summed E-state index contributed by atoms with van der Waals surface area (Å²) in [6.07, 6.45) is 1.07. The Morgan fingerprint density at radius 3 is 2.53 bits per heavy atom. The Kier molecular flexibility index (Phi) is 3.30. The third-order valence-electron chi connectivity index (χ3n) is 3.00. The number of aromatic nitrogens is 1. The molecule has 0 aliphatic rings. The second-order valence-corrected chi connectivity index (χ2v) is 4.16. The molecule has 2 rings (SSSR count). The van der Waals surface area contributed by atoms with E-state index < -0.39 is 0 Å². The van der Waals surface area contributed by atoms with E-state index in [2.05, 4.69) is 29.7 Å². The standard InChI is InChI=1S/C15H16N2/c1-3-9-17-12(2)14(11-16)10-15(17)13-7-5-4-6-8-13/h4-8,10H,3,9H2,1-2H3. The molecule has 0 radical (unpaired) electrons. The summed E-state index contributed by atoms with van der Waals surface area (Å²) in [7, 11) is 0. The molecule has 0 N–H and O–H groups in total. The van der Waals surface area contributed by atoms with E-state index in [1.807, 2.05) is 31.2 Å². The van der Waals surface area contributed by atoms with E-state index in [4.69, 9.17) is 5.26 Å². The van der Waals surface area contributed by atoms with Gasteiger partial charge in [-0.15, -0.1) is 0 Å². The van der Waals surface area contributed by atoms with Crippen LogP contribution in [0, 0.1) is 18.3 Å². The van der Waals surface area contributed by atoms with Crippen molar-refractivity contribution in [2.24, 2.45) is 0 Å². The minimum absolute atomic E-state index is 0.775. The third kappa shape index (κ3) is 2.09. The zero-order chi connectivity index (χ0) is 12.3. The smallest absolute Gasteiger partial charge is 0.101 e. The van der Waals surface area contributed by atoms with Gasteiger partial charge in [0.15, 0.2) is 0 Å². The fourth-order valence-electron chi connectivity index (χ4n) is 2.12. The summed E-state index contributed by atoms with van der Waals surface area (Å²) in [5.74, 6) is 0. The van der Waals surface area contributed by atoms with Crippen molar-refractivity contribution < 1.29 is 0 Å². The maximum atomic E-state index is 9.11. The van der Waals surface area contributed by atoms with Gasteiger partial charge in [0.25, 0.3) is 0 Å². The van der Waals surface area contributed by atoms with Gasteiger partial charge in [0.05, 0.1) is 5.56 Å². The first kappa shape index (κ1) is 11.5. The molecule has 0 unspecified atom stereocenters. The van der Waals surface area contributed by atoms with Crippen molar-refractivity contribution in [3.63, 3.8) is 0 Å². The number of nitriles is 1. The van der Waals surface area contributed by atoms with Crippen LogP contribution in [-0.2, 0) is 6.54 Å². The zero-order valence-electron chi connectivity index (χ0n) is 10.3. The average Bonchev–Trinajstić information content (AvgIpc) is 2.69. The van der Waals surface area contributed by atoms with Gasteiger partial charge in [-0.05, 0) is 25.0 Å². The molecule has 0 amide bonds. The Balaban J connectivity index is 2.58. The fourth-order valence-corrected chi connectivity index (χ4v) is 2.12. The molecule has 0 spiro atoms. The predicted octanol–water partition coefficient (Wildman–Crippen LogP) is 3.75. The highest BCUT2D eigenvalue weighted by Crippen LogP contribution is 2.25. The number of rotatable bonds is 3. The molecule has 0 bridgehead atoms. The van der Waals surface area contributed by atoms with Crippen molar-refractivity contribution in [1.29, 1.82) is 5.26 Å². The van der Waals surface area contributed by atoms with Gasteiger partial charge in [0, 0.05) is 17.9 Å². The lowest BCUT2D eigenvalue weighted by molar-refractivity contribution is 0.671. The minimum Gasteiger partial charge on any atom is -0.344 e. The molecule has 86 valence electrons. The summed E-state index contributed by atoms with van der Waals surface area (Å²) in [4.78, 5) is 0. The molecule has 0 aliphatic carbocycles. The highest BCUT2D eigenvalue weighted by Gasteiger charge is 2.11. The molecule has 1 heterocycles. The largest absolute Gasteiger partial charge is 0.344 e. The molecular formula is C15H16N2. The predicted molar refractivity (Wildman–Crippen MR) is 69.6 cm³/mol. The minimum atomic E-state index is 0.775. The molecule has 1 aromatic carbocycles. The maximum Gasteiger partial charge on any atom is 0.101 e. The van der Waals surface area contributed by atoms with E-state index in [0.717, 1.165) is 29.9 Å². The van der Waals surface area contributed by atoms with Crippen molar-refractivity contribution in [3.8, 4) is 17.3 Å². The summed E-state index contributed by atoms with van der Waals surface area (Å²) in [6, 6.07) is 14.5. The Morgan fingerprint density at radius 2 is 1.94 bits per heavy atom. The summed E-state index contributed by atoms with van der Waals surface area (Å²) >= 11 is 0. The van der Waals surface area contributed by atoms with Crippen molar-refractivity contribution >= 4 is 0 Å². The highest BCUT2D eigenvalue weighted by atomic mass is 15.0. The van der Waals surface area contributed by atoms with Crippen molar-refractivity contribution in [3.05, 3.63) is 47.7 Å². The van der Waals surface area contributed by atoms with Crippen LogP contribution in [0.5, 0.6) is 0 Å².